The maximum absolute atomic E-state index is 12.2. The number of ether oxygens (including phenoxy) is 2. The molecule has 1 aromatic heterocycles. The number of aromatic nitrogens is 2. The molecule has 1 heterocycles. The molecule has 0 aliphatic carbocycles. The molecule has 0 bridgehead atoms. The Labute approximate surface area is 122 Å². The van der Waals surface area contributed by atoms with Crippen molar-refractivity contribution in [2.24, 2.45) is 0 Å². The minimum atomic E-state index is -0.281. The van der Waals surface area contributed by atoms with Gasteiger partial charge in [0.05, 0.1) is 25.5 Å². The second-order valence-corrected chi connectivity index (χ2v) is 4.33. The number of H-pyrrole nitrogens is 1. The molecule has 0 spiro atoms. The van der Waals surface area contributed by atoms with Gasteiger partial charge in [0.2, 0.25) is 0 Å². The van der Waals surface area contributed by atoms with Gasteiger partial charge in [-0.25, -0.2) is 4.98 Å². The summed E-state index contributed by atoms with van der Waals surface area (Å²) in [4.78, 5) is 19.3. The number of carbonyl (C=O) groups excluding carboxylic acids is 1. The highest BCUT2D eigenvalue weighted by molar-refractivity contribution is 6.00. The van der Waals surface area contributed by atoms with Crippen LogP contribution < -0.4 is 20.5 Å². The van der Waals surface area contributed by atoms with Crippen LogP contribution in [0.5, 0.6) is 11.5 Å². The summed E-state index contributed by atoms with van der Waals surface area (Å²) in [7, 11) is 3.01. The van der Waals surface area contributed by atoms with Crippen LogP contribution in [0.3, 0.4) is 0 Å². The maximum Gasteiger partial charge on any atom is 0.253 e. The molecule has 21 heavy (non-hydrogen) atoms. The number of amides is 1. The van der Waals surface area contributed by atoms with E-state index in [-0.39, 0.29) is 11.6 Å². The van der Waals surface area contributed by atoms with E-state index in [1.54, 1.807) is 24.5 Å². The van der Waals surface area contributed by atoms with E-state index in [2.05, 4.69) is 15.3 Å². The predicted molar refractivity (Wildman–Crippen MR) is 78.6 cm³/mol. The molecule has 0 radical (unpaired) electrons. The van der Waals surface area contributed by atoms with Crippen molar-refractivity contribution in [3.63, 3.8) is 0 Å². The van der Waals surface area contributed by atoms with Crippen LogP contribution in [0.4, 0.5) is 5.69 Å². The average molecular weight is 290 g/mol. The molecule has 0 unspecified atom stereocenters. The Bertz CT molecular complexity index is 611. The molecule has 4 N–H and O–H groups in total. The Morgan fingerprint density at radius 2 is 2.19 bits per heavy atom. The van der Waals surface area contributed by atoms with Gasteiger partial charge in [0.15, 0.2) is 0 Å². The molecule has 0 saturated heterocycles. The number of rotatable bonds is 6. The first kappa shape index (κ1) is 14.7. The number of hydrogen-bond donors (Lipinski definition) is 3. The van der Waals surface area contributed by atoms with E-state index in [0.29, 0.717) is 30.0 Å². The lowest BCUT2D eigenvalue weighted by atomic mass is 10.1. The molecule has 1 aromatic carbocycles. The molecule has 7 nitrogen and oxygen atoms in total. The second kappa shape index (κ2) is 6.65. The quantitative estimate of drug-likeness (QED) is 0.688. The smallest absolute Gasteiger partial charge is 0.253 e. The molecule has 2 rings (SSSR count). The first-order chi connectivity index (χ1) is 10.2. The van der Waals surface area contributed by atoms with E-state index < -0.39 is 0 Å². The molecule has 2 aromatic rings. The minimum Gasteiger partial charge on any atom is -0.497 e. The summed E-state index contributed by atoms with van der Waals surface area (Å²) in [5, 5.41) is 2.79. The maximum atomic E-state index is 12.2. The molecule has 0 saturated carbocycles. The Kier molecular flexibility index (Phi) is 4.65. The molecule has 7 heteroatoms. The van der Waals surface area contributed by atoms with Gasteiger partial charge in [-0.3, -0.25) is 4.79 Å². The van der Waals surface area contributed by atoms with Crippen LogP contribution >= 0.6 is 0 Å². The Morgan fingerprint density at radius 1 is 1.38 bits per heavy atom. The van der Waals surface area contributed by atoms with Gasteiger partial charge in [-0.05, 0) is 6.07 Å². The zero-order valence-electron chi connectivity index (χ0n) is 12.0. The zero-order chi connectivity index (χ0) is 15.2. The number of nitrogen functional groups attached to an aromatic ring is 1. The van der Waals surface area contributed by atoms with Crippen LogP contribution in [0.15, 0.2) is 24.5 Å². The van der Waals surface area contributed by atoms with Gasteiger partial charge in [0.25, 0.3) is 5.91 Å². The second-order valence-electron chi connectivity index (χ2n) is 4.33. The molecular formula is C14H18N4O3. The van der Waals surface area contributed by atoms with E-state index in [1.807, 2.05) is 0 Å². The number of anilines is 1. The number of aromatic amines is 1. The van der Waals surface area contributed by atoms with Crippen LogP contribution in [-0.2, 0) is 6.42 Å². The Hall–Kier alpha value is -2.70. The monoisotopic (exact) mass is 290 g/mol. The van der Waals surface area contributed by atoms with Gasteiger partial charge in [-0.2, -0.15) is 0 Å². The van der Waals surface area contributed by atoms with Crippen molar-refractivity contribution in [1.29, 1.82) is 0 Å². The van der Waals surface area contributed by atoms with E-state index >= 15 is 0 Å². The summed E-state index contributed by atoms with van der Waals surface area (Å²) >= 11 is 0. The van der Waals surface area contributed by atoms with Crippen LogP contribution in [0, 0.1) is 0 Å². The van der Waals surface area contributed by atoms with Crippen molar-refractivity contribution >= 4 is 11.6 Å². The topological polar surface area (TPSA) is 102 Å². The highest BCUT2D eigenvalue weighted by Gasteiger charge is 2.15. The van der Waals surface area contributed by atoms with Gasteiger partial charge in [0.1, 0.15) is 17.3 Å². The van der Waals surface area contributed by atoms with E-state index in [1.165, 1.54) is 14.2 Å². The number of nitrogens with zero attached hydrogens (tertiary/aromatic N) is 1. The minimum absolute atomic E-state index is 0.281. The highest BCUT2D eigenvalue weighted by Crippen LogP contribution is 2.30. The van der Waals surface area contributed by atoms with Crippen LogP contribution in [0.1, 0.15) is 16.2 Å². The van der Waals surface area contributed by atoms with E-state index in [0.717, 1.165) is 5.82 Å². The van der Waals surface area contributed by atoms with Gasteiger partial charge in [-0.1, -0.05) is 0 Å². The summed E-state index contributed by atoms with van der Waals surface area (Å²) in [6, 6.07) is 3.22. The van der Waals surface area contributed by atoms with Gasteiger partial charge in [-0.15, -0.1) is 0 Å². The van der Waals surface area contributed by atoms with Gasteiger partial charge in [0, 0.05) is 31.4 Å². The third-order valence-corrected chi connectivity index (χ3v) is 3.02. The van der Waals surface area contributed by atoms with Crippen molar-refractivity contribution in [3.05, 3.63) is 35.9 Å². The van der Waals surface area contributed by atoms with Gasteiger partial charge >= 0.3 is 0 Å². The van der Waals surface area contributed by atoms with Crippen molar-refractivity contribution in [1.82, 2.24) is 15.3 Å². The zero-order valence-corrected chi connectivity index (χ0v) is 12.0. The fourth-order valence-corrected chi connectivity index (χ4v) is 1.90. The summed E-state index contributed by atoms with van der Waals surface area (Å²) < 4.78 is 10.3. The number of methoxy groups -OCH3 is 2. The summed E-state index contributed by atoms with van der Waals surface area (Å²) in [5.41, 5.74) is 6.54. The first-order valence-electron chi connectivity index (χ1n) is 6.43. The van der Waals surface area contributed by atoms with Crippen molar-refractivity contribution in [3.8, 4) is 11.5 Å². The van der Waals surface area contributed by atoms with Crippen LogP contribution in [-0.4, -0.2) is 36.6 Å². The van der Waals surface area contributed by atoms with Crippen LogP contribution in [0.25, 0.3) is 0 Å². The Balaban J connectivity index is 2.07. The molecule has 0 fully saturated rings. The number of nitrogens with one attached hydrogen (secondary N) is 2. The molecule has 0 aliphatic rings. The molecule has 0 aliphatic heterocycles. The predicted octanol–water partition coefficient (Wildman–Crippen LogP) is 0.982. The lowest BCUT2D eigenvalue weighted by Crippen LogP contribution is -2.27. The first-order valence-corrected chi connectivity index (χ1v) is 6.43. The third kappa shape index (κ3) is 3.44. The van der Waals surface area contributed by atoms with E-state index in [9.17, 15) is 4.79 Å². The Morgan fingerprint density at radius 3 is 2.81 bits per heavy atom. The normalized spacial score (nSPS) is 10.2. The standard InChI is InChI=1S/C14H18N4O3/c1-20-9-7-10(13(15)11(8-9)21-2)14(19)18-4-3-12-16-5-6-17-12/h5-8H,3-4,15H2,1-2H3,(H,16,17)(H,18,19). The number of imidazole rings is 1. The SMILES string of the molecule is COc1cc(OC)c(N)c(C(=O)NCCc2ncc[nH]2)c1. The fourth-order valence-electron chi connectivity index (χ4n) is 1.90. The fraction of sp³-hybridized carbons (Fsp3) is 0.286. The molecule has 112 valence electrons. The van der Waals surface area contributed by atoms with Crippen molar-refractivity contribution < 1.29 is 14.3 Å². The van der Waals surface area contributed by atoms with Gasteiger partial charge < -0.3 is 25.5 Å². The summed E-state index contributed by atoms with van der Waals surface area (Å²) in [6.07, 6.45) is 4.02. The highest BCUT2D eigenvalue weighted by atomic mass is 16.5. The third-order valence-electron chi connectivity index (χ3n) is 3.02. The lowest BCUT2D eigenvalue weighted by molar-refractivity contribution is 0.0954. The summed E-state index contributed by atoms with van der Waals surface area (Å²) in [5.74, 6) is 1.45. The molecule has 0 atom stereocenters. The number of carbonyl (C=O) groups is 1. The summed E-state index contributed by atoms with van der Waals surface area (Å²) in [6.45, 7) is 0.450. The number of nitrogens with two attached hydrogens (primary N) is 1. The van der Waals surface area contributed by atoms with Crippen molar-refractivity contribution in [2.75, 3.05) is 26.5 Å². The number of hydrogen-bond acceptors (Lipinski definition) is 5. The number of benzene rings is 1. The largest absolute Gasteiger partial charge is 0.497 e. The van der Waals surface area contributed by atoms with E-state index in [4.69, 9.17) is 15.2 Å². The average Bonchev–Trinajstić information content (AvgIpc) is 3.00. The van der Waals surface area contributed by atoms with Crippen LogP contribution in [0.2, 0.25) is 0 Å². The lowest BCUT2D eigenvalue weighted by Gasteiger charge is -2.12. The van der Waals surface area contributed by atoms with Crippen molar-refractivity contribution in [2.45, 2.75) is 6.42 Å². The molecular weight excluding hydrogens is 272 g/mol. The molecule has 1 amide bonds.